The largest absolute Gasteiger partial charge is 0.493 e. The van der Waals surface area contributed by atoms with E-state index in [1.165, 1.54) is 5.56 Å². The summed E-state index contributed by atoms with van der Waals surface area (Å²) in [5.74, 6) is 2.92. The zero-order valence-electron chi connectivity index (χ0n) is 17.9. The van der Waals surface area contributed by atoms with Crippen molar-refractivity contribution in [3.63, 3.8) is 0 Å². The van der Waals surface area contributed by atoms with Gasteiger partial charge in [0, 0.05) is 44.2 Å². The van der Waals surface area contributed by atoms with Gasteiger partial charge in [0.2, 0.25) is 5.95 Å². The topological polar surface area (TPSA) is 62.8 Å². The highest BCUT2D eigenvalue weighted by molar-refractivity contribution is 5.92. The van der Waals surface area contributed by atoms with E-state index >= 15 is 0 Å². The van der Waals surface area contributed by atoms with Crippen LogP contribution in [0.5, 0.6) is 11.5 Å². The van der Waals surface area contributed by atoms with Gasteiger partial charge in [-0.25, -0.2) is 4.98 Å². The number of nitrogens with zero attached hydrogens (tertiary/aromatic N) is 4. The number of anilines is 2. The molecule has 0 bridgehead atoms. The van der Waals surface area contributed by atoms with Crippen LogP contribution in [0.3, 0.4) is 0 Å². The number of piperazine rings is 1. The van der Waals surface area contributed by atoms with Crippen LogP contribution >= 0.6 is 0 Å². The van der Waals surface area contributed by atoms with Crippen LogP contribution in [0.2, 0.25) is 0 Å². The van der Waals surface area contributed by atoms with Gasteiger partial charge in [0.05, 0.1) is 19.7 Å². The van der Waals surface area contributed by atoms with Crippen LogP contribution < -0.4 is 19.7 Å². The fourth-order valence-corrected chi connectivity index (χ4v) is 3.70. The van der Waals surface area contributed by atoms with Crippen molar-refractivity contribution < 1.29 is 9.47 Å². The van der Waals surface area contributed by atoms with Crippen molar-refractivity contribution in [2.45, 2.75) is 6.42 Å². The predicted octanol–water partition coefficient (Wildman–Crippen LogP) is 3.05. The number of nitrogens with one attached hydrogen (secondary N) is 1. The molecule has 1 N–H and O–H groups in total. The summed E-state index contributed by atoms with van der Waals surface area (Å²) >= 11 is 0. The highest BCUT2D eigenvalue weighted by Gasteiger charge is 2.20. The van der Waals surface area contributed by atoms with Crippen molar-refractivity contribution in [3.8, 4) is 11.5 Å². The minimum absolute atomic E-state index is 0.670. The number of benzene rings is 2. The van der Waals surface area contributed by atoms with E-state index in [4.69, 9.17) is 19.4 Å². The van der Waals surface area contributed by atoms with E-state index in [1.807, 2.05) is 18.2 Å². The highest BCUT2D eigenvalue weighted by atomic mass is 16.5. The molecule has 158 valence electrons. The number of likely N-dealkylation sites (N-methyl/N-ethyl adjacent to an activating group) is 1. The number of hydrogen-bond donors (Lipinski definition) is 1. The average molecular weight is 408 g/mol. The van der Waals surface area contributed by atoms with Crippen molar-refractivity contribution in [1.82, 2.24) is 14.9 Å². The third-order valence-electron chi connectivity index (χ3n) is 5.52. The van der Waals surface area contributed by atoms with Gasteiger partial charge in [0.1, 0.15) is 5.82 Å². The molecule has 0 spiro atoms. The van der Waals surface area contributed by atoms with Gasteiger partial charge in [-0.2, -0.15) is 4.98 Å². The Kier molecular flexibility index (Phi) is 6.18. The number of fused-ring (bicyclic) bond motifs is 1. The molecule has 0 amide bonds. The van der Waals surface area contributed by atoms with Crippen molar-refractivity contribution in [3.05, 3.63) is 48.0 Å². The first-order chi connectivity index (χ1) is 14.7. The molecule has 0 radical (unpaired) electrons. The van der Waals surface area contributed by atoms with Crippen molar-refractivity contribution in [2.75, 3.05) is 64.2 Å². The second-order valence-corrected chi connectivity index (χ2v) is 7.55. The average Bonchev–Trinajstić information content (AvgIpc) is 2.79. The Labute approximate surface area is 177 Å². The first kappa shape index (κ1) is 20.2. The zero-order valence-corrected chi connectivity index (χ0v) is 17.9. The summed E-state index contributed by atoms with van der Waals surface area (Å²) in [6.07, 6.45) is 0.920. The lowest BCUT2D eigenvalue weighted by molar-refractivity contribution is 0.311. The number of methoxy groups -OCH3 is 2. The molecule has 1 aromatic heterocycles. The predicted molar refractivity (Wildman–Crippen MR) is 121 cm³/mol. The minimum Gasteiger partial charge on any atom is -0.493 e. The standard InChI is InChI=1S/C23H29N5O2/c1-27-11-13-28(14-12-27)23-25-19-16-21(30-3)20(29-2)15-18(19)22(26-23)24-10-9-17-7-5-4-6-8-17/h4-8,15-16H,9-14H2,1-3H3,(H,24,25,26). The lowest BCUT2D eigenvalue weighted by Crippen LogP contribution is -2.45. The molecule has 0 atom stereocenters. The molecule has 1 aliphatic heterocycles. The maximum atomic E-state index is 5.51. The van der Waals surface area contributed by atoms with Gasteiger partial charge in [0.25, 0.3) is 0 Å². The Morgan fingerprint density at radius 1 is 0.933 bits per heavy atom. The molecule has 1 saturated heterocycles. The van der Waals surface area contributed by atoms with Crippen molar-refractivity contribution in [1.29, 1.82) is 0 Å². The van der Waals surface area contributed by atoms with Gasteiger partial charge in [-0.3, -0.25) is 0 Å². The summed E-state index contributed by atoms with van der Waals surface area (Å²) in [4.78, 5) is 14.3. The molecule has 1 aliphatic rings. The molecule has 0 saturated carbocycles. The lowest BCUT2D eigenvalue weighted by atomic mass is 10.1. The second kappa shape index (κ2) is 9.17. The number of hydrogen-bond acceptors (Lipinski definition) is 7. The molecule has 7 heteroatoms. The first-order valence-corrected chi connectivity index (χ1v) is 10.3. The van der Waals surface area contributed by atoms with E-state index in [1.54, 1.807) is 14.2 Å². The Morgan fingerprint density at radius 2 is 1.63 bits per heavy atom. The maximum absolute atomic E-state index is 5.51. The quantitative estimate of drug-likeness (QED) is 0.646. The minimum atomic E-state index is 0.670. The van der Waals surface area contributed by atoms with Crippen LogP contribution in [0, 0.1) is 0 Å². The third-order valence-corrected chi connectivity index (χ3v) is 5.52. The normalized spacial score (nSPS) is 14.7. The highest BCUT2D eigenvalue weighted by Crippen LogP contribution is 2.35. The Balaban J connectivity index is 1.67. The van der Waals surface area contributed by atoms with Crippen LogP contribution in [0.4, 0.5) is 11.8 Å². The number of aromatic nitrogens is 2. The van der Waals surface area contributed by atoms with E-state index in [9.17, 15) is 0 Å². The molecule has 1 fully saturated rings. The first-order valence-electron chi connectivity index (χ1n) is 10.3. The maximum Gasteiger partial charge on any atom is 0.227 e. The molecule has 2 aromatic carbocycles. The second-order valence-electron chi connectivity index (χ2n) is 7.55. The Morgan fingerprint density at radius 3 is 2.33 bits per heavy atom. The van der Waals surface area contributed by atoms with Crippen molar-refractivity contribution >= 4 is 22.7 Å². The van der Waals surface area contributed by atoms with Crippen LogP contribution in [0.25, 0.3) is 10.9 Å². The summed E-state index contributed by atoms with van der Waals surface area (Å²) in [5.41, 5.74) is 2.14. The Bertz CT molecular complexity index is 988. The summed E-state index contributed by atoms with van der Waals surface area (Å²) in [6.45, 7) is 4.62. The molecule has 7 nitrogen and oxygen atoms in total. The number of rotatable bonds is 7. The monoisotopic (exact) mass is 407 g/mol. The fraction of sp³-hybridized carbons (Fsp3) is 0.391. The van der Waals surface area contributed by atoms with Gasteiger partial charge in [-0.15, -0.1) is 0 Å². The van der Waals surface area contributed by atoms with Gasteiger partial charge in [0.15, 0.2) is 11.5 Å². The summed E-state index contributed by atoms with van der Waals surface area (Å²) in [5, 5.41) is 4.46. The molecule has 2 heterocycles. The molecular weight excluding hydrogens is 378 g/mol. The van der Waals surface area contributed by atoms with Gasteiger partial charge < -0.3 is 24.6 Å². The van der Waals surface area contributed by atoms with E-state index in [2.05, 4.69) is 46.4 Å². The fourth-order valence-electron chi connectivity index (χ4n) is 3.70. The van der Waals surface area contributed by atoms with E-state index in [0.717, 1.165) is 61.8 Å². The van der Waals surface area contributed by atoms with Gasteiger partial charge >= 0.3 is 0 Å². The van der Waals surface area contributed by atoms with Crippen LogP contribution in [0.1, 0.15) is 5.56 Å². The summed E-state index contributed by atoms with van der Waals surface area (Å²) in [7, 11) is 5.43. The number of ether oxygens (including phenoxy) is 2. The molecule has 0 unspecified atom stereocenters. The third kappa shape index (κ3) is 4.41. The van der Waals surface area contributed by atoms with E-state index in [-0.39, 0.29) is 0 Å². The Hall–Kier alpha value is -3.06. The van der Waals surface area contributed by atoms with Crippen LogP contribution in [0.15, 0.2) is 42.5 Å². The molecule has 3 aromatic rings. The van der Waals surface area contributed by atoms with Crippen LogP contribution in [-0.2, 0) is 6.42 Å². The van der Waals surface area contributed by atoms with E-state index < -0.39 is 0 Å². The van der Waals surface area contributed by atoms with Gasteiger partial charge in [-0.1, -0.05) is 30.3 Å². The lowest BCUT2D eigenvalue weighted by Gasteiger charge is -2.32. The zero-order chi connectivity index (χ0) is 20.9. The van der Waals surface area contributed by atoms with Crippen molar-refractivity contribution in [2.24, 2.45) is 0 Å². The van der Waals surface area contributed by atoms with E-state index in [0.29, 0.717) is 11.5 Å². The molecule has 4 rings (SSSR count). The summed E-state index contributed by atoms with van der Waals surface area (Å²) in [6, 6.07) is 14.3. The van der Waals surface area contributed by atoms with Crippen LogP contribution in [-0.4, -0.2) is 68.9 Å². The molecular formula is C23H29N5O2. The smallest absolute Gasteiger partial charge is 0.227 e. The molecule has 30 heavy (non-hydrogen) atoms. The summed E-state index contributed by atoms with van der Waals surface area (Å²) < 4.78 is 11.0. The SMILES string of the molecule is COc1cc2nc(N3CCN(C)CC3)nc(NCCc3ccccc3)c2cc1OC. The molecule has 0 aliphatic carbocycles. The van der Waals surface area contributed by atoms with Gasteiger partial charge in [-0.05, 0) is 25.1 Å².